The Labute approximate surface area is 158 Å². The first-order chi connectivity index (χ1) is 13.0. The molecule has 1 aromatic heterocycles. The summed E-state index contributed by atoms with van der Waals surface area (Å²) in [6.45, 7) is 5.41. The summed E-state index contributed by atoms with van der Waals surface area (Å²) >= 11 is 0. The molecule has 140 valence electrons. The van der Waals surface area contributed by atoms with Gasteiger partial charge in [-0.25, -0.2) is 5.43 Å². The molecule has 0 fully saturated rings. The largest absolute Gasteiger partial charge is 0.507 e. The van der Waals surface area contributed by atoms with E-state index in [1.165, 1.54) is 0 Å². The van der Waals surface area contributed by atoms with Crippen molar-refractivity contribution in [2.45, 2.75) is 20.4 Å². The molecule has 0 aliphatic carbocycles. The van der Waals surface area contributed by atoms with Crippen molar-refractivity contribution in [3.63, 3.8) is 0 Å². The number of methoxy groups -OCH3 is 1. The number of aromatic hydroxyl groups is 1. The van der Waals surface area contributed by atoms with Gasteiger partial charge in [0, 0.05) is 30.6 Å². The number of hydrogen-bond acceptors (Lipinski definition) is 4. The molecule has 6 nitrogen and oxygen atoms in total. The number of carbonyl (C=O) groups excluding carboxylic acids is 1. The number of carbonyl (C=O) groups is 1. The number of phenols is 1. The van der Waals surface area contributed by atoms with E-state index in [1.54, 1.807) is 25.5 Å². The van der Waals surface area contributed by atoms with Crippen LogP contribution in [0.1, 0.15) is 27.3 Å². The molecule has 2 N–H and O–H groups in total. The van der Waals surface area contributed by atoms with Crippen LogP contribution in [-0.4, -0.2) is 35.5 Å². The number of nitrogens with zero attached hydrogens (tertiary/aromatic N) is 2. The average Bonchev–Trinajstić information content (AvgIpc) is 2.92. The number of ether oxygens (including phenoxy) is 1. The minimum absolute atomic E-state index is 0.0702. The zero-order valence-corrected chi connectivity index (χ0v) is 15.7. The third kappa shape index (κ3) is 4.01. The second-order valence-corrected chi connectivity index (χ2v) is 6.39. The normalized spacial score (nSPS) is 11.4. The van der Waals surface area contributed by atoms with E-state index in [0.717, 1.165) is 34.3 Å². The quantitative estimate of drug-likeness (QED) is 0.519. The summed E-state index contributed by atoms with van der Waals surface area (Å²) in [4.78, 5) is 12.4. The summed E-state index contributed by atoms with van der Waals surface area (Å²) in [5.74, 6) is -0.526. The highest BCUT2D eigenvalue weighted by molar-refractivity contribution is 6.01. The third-order valence-corrected chi connectivity index (χ3v) is 4.61. The second-order valence-electron chi connectivity index (χ2n) is 6.39. The standard InChI is InChI=1S/C21H23N3O3/c1-14-10-18(15(2)24(14)8-9-27-3)13-22-23-21(26)19-11-16-6-4-5-7-17(16)12-20(19)25/h4-7,10-13,25H,8-9H2,1-3H3,(H,23,26). The van der Waals surface area contributed by atoms with Crippen molar-refractivity contribution in [3.05, 3.63) is 65.0 Å². The Bertz CT molecular complexity index is 1010. The van der Waals surface area contributed by atoms with E-state index < -0.39 is 5.91 Å². The summed E-state index contributed by atoms with van der Waals surface area (Å²) in [5.41, 5.74) is 5.76. The lowest BCUT2D eigenvalue weighted by atomic mass is 10.1. The molecule has 0 saturated carbocycles. The first kappa shape index (κ1) is 18.7. The van der Waals surface area contributed by atoms with E-state index in [0.29, 0.717) is 6.61 Å². The highest BCUT2D eigenvalue weighted by Crippen LogP contribution is 2.24. The van der Waals surface area contributed by atoms with Crippen LogP contribution in [0.15, 0.2) is 47.6 Å². The minimum Gasteiger partial charge on any atom is -0.507 e. The van der Waals surface area contributed by atoms with Crippen LogP contribution in [0.4, 0.5) is 0 Å². The summed E-state index contributed by atoms with van der Waals surface area (Å²) in [7, 11) is 1.67. The number of rotatable bonds is 6. The molecule has 0 saturated heterocycles. The fraction of sp³-hybridized carbons (Fsp3) is 0.238. The number of hydrazone groups is 1. The molecule has 1 heterocycles. The van der Waals surface area contributed by atoms with Gasteiger partial charge in [-0.1, -0.05) is 24.3 Å². The molecule has 2 aromatic carbocycles. The Morgan fingerprint density at radius 1 is 1.22 bits per heavy atom. The Morgan fingerprint density at radius 3 is 2.63 bits per heavy atom. The number of hydrogen-bond donors (Lipinski definition) is 2. The van der Waals surface area contributed by atoms with Crippen molar-refractivity contribution in [1.29, 1.82) is 0 Å². The number of aromatic nitrogens is 1. The van der Waals surface area contributed by atoms with Gasteiger partial charge in [-0.3, -0.25) is 4.79 Å². The lowest BCUT2D eigenvalue weighted by Crippen LogP contribution is -2.17. The van der Waals surface area contributed by atoms with E-state index in [2.05, 4.69) is 15.1 Å². The molecule has 27 heavy (non-hydrogen) atoms. The monoisotopic (exact) mass is 365 g/mol. The predicted octanol–water partition coefficient (Wildman–Crippen LogP) is 3.37. The Hall–Kier alpha value is -3.12. The Balaban J connectivity index is 1.75. The van der Waals surface area contributed by atoms with Crippen molar-refractivity contribution >= 4 is 22.9 Å². The number of fused-ring (bicyclic) bond motifs is 1. The third-order valence-electron chi connectivity index (χ3n) is 4.61. The fourth-order valence-electron chi connectivity index (χ4n) is 3.12. The smallest absolute Gasteiger partial charge is 0.275 e. The van der Waals surface area contributed by atoms with E-state index in [1.807, 2.05) is 44.2 Å². The second kappa shape index (κ2) is 8.05. The van der Waals surface area contributed by atoms with E-state index in [9.17, 15) is 9.90 Å². The van der Waals surface area contributed by atoms with E-state index in [4.69, 9.17) is 4.74 Å². The minimum atomic E-state index is -0.456. The van der Waals surface area contributed by atoms with Crippen LogP contribution in [0.2, 0.25) is 0 Å². The van der Waals surface area contributed by atoms with E-state index in [-0.39, 0.29) is 11.3 Å². The molecular formula is C21H23N3O3. The van der Waals surface area contributed by atoms with Crippen molar-refractivity contribution in [2.24, 2.45) is 5.10 Å². The molecule has 3 aromatic rings. The van der Waals surface area contributed by atoms with Gasteiger partial charge in [0.25, 0.3) is 5.91 Å². The Morgan fingerprint density at radius 2 is 1.93 bits per heavy atom. The first-order valence-corrected chi connectivity index (χ1v) is 8.72. The molecule has 0 bridgehead atoms. The van der Waals surface area contributed by atoms with Crippen LogP contribution < -0.4 is 5.43 Å². The molecule has 3 rings (SSSR count). The van der Waals surface area contributed by atoms with Crippen LogP contribution in [-0.2, 0) is 11.3 Å². The number of amides is 1. The summed E-state index contributed by atoms with van der Waals surface area (Å²) in [5, 5.41) is 15.9. The Kier molecular flexibility index (Phi) is 5.57. The highest BCUT2D eigenvalue weighted by Gasteiger charge is 2.12. The molecule has 0 spiro atoms. The maximum absolute atomic E-state index is 12.4. The predicted molar refractivity (Wildman–Crippen MR) is 106 cm³/mol. The van der Waals surface area contributed by atoms with Gasteiger partial charge in [-0.05, 0) is 42.8 Å². The van der Waals surface area contributed by atoms with Gasteiger partial charge in [0.05, 0.1) is 18.4 Å². The van der Waals surface area contributed by atoms with Crippen LogP contribution in [0.25, 0.3) is 10.8 Å². The SMILES string of the molecule is COCCn1c(C)cc(C=NNC(=O)c2cc3ccccc3cc2O)c1C. The first-order valence-electron chi connectivity index (χ1n) is 8.72. The number of phenolic OH excluding ortho intramolecular Hbond substituents is 1. The zero-order valence-electron chi connectivity index (χ0n) is 15.7. The maximum atomic E-state index is 12.4. The molecular weight excluding hydrogens is 342 g/mol. The van der Waals surface area contributed by atoms with Gasteiger partial charge in [0.2, 0.25) is 0 Å². The topological polar surface area (TPSA) is 75.8 Å². The lowest BCUT2D eigenvalue weighted by Gasteiger charge is -2.08. The molecule has 0 aliphatic heterocycles. The van der Waals surface area contributed by atoms with Gasteiger partial charge in [0.15, 0.2) is 0 Å². The van der Waals surface area contributed by atoms with Gasteiger partial charge in [0.1, 0.15) is 5.75 Å². The maximum Gasteiger partial charge on any atom is 0.275 e. The number of nitrogens with one attached hydrogen (secondary N) is 1. The van der Waals surface area contributed by atoms with Crippen LogP contribution in [0.5, 0.6) is 5.75 Å². The van der Waals surface area contributed by atoms with Gasteiger partial charge in [-0.15, -0.1) is 0 Å². The van der Waals surface area contributed by atoms with Gasteiger partial charge in [-0.2, -0.15) is 5.10 Å². The number of benzene rings is 2. The molecule has 6 heteroatoms. The van der Waals surface area contributed by atoms with Crippen molar-refractivity contribution in [3.8, 4) is 5.75 Å². The molecule has 0 unspecified atom stereocenters. The van der Waals surface area contributed by atoms with Crippen molar-refractivity contribution in [1.82, 2.24) is 9.99 Å². The zero-order chi connectivity index (χ0) is 19.4. The lowest BCUT2D eigenvalue weighted by molar-refractivity contribution is 0.0952. The van der Waals surface area contributed by atoms with Crippen LogP contribution >= 0.6 is 0 Å². The average molecular weight is 365 g/mol. The molecule has 0 atom stereocenters. The summed E-state index contributed by atoms with van der Waals surface area (Å²) in [6.07, 6.45) is 1.61. The van der Waals surface area contributed by atoms with Crippen LogP contribution in [0.3, 0.4) is 0 Å². The fourth-order valence-corrected chi connectivity index (χ4v) is 3.12. The van der Waals surface area contributed by atoms with Gasteiger partial charge < -0.3 is 14.4 Å². The van der Waals surface area contributed by atoms with Crippen molar-refractivity contribution < 1.29 is 14.6 Å². The number of aryl methyl sites for hydroxylation is 1. The summed E-state index contributed by atoms with van der Waals surface area (Å²) in [6, 6.07) is 12.8. The van der Waals surface area contributed by atoms with Crippen molar-refractivity contribution in [2.75, 3.05) is 13.7 Å². The molecule has 0 aliphatic rings. The molecule has 0 radical (unpaired) electrons. The summed E-state index contributed by atoms with van der Waals surface area (Å²) < 4.78 is 7.27. The van der Waals surface area contributed by atoms with Crippen LogP contribution in [0, 0.1) is 13.8 Å². The molecule has 1 amide bonds. The van der Waals surface area contributed by atoms with E-state index >= 15 is 0 Å². The van der Waals surface area contributed by atoms with Gasteiger partial charge >= 0.3 is 0 Å². The highest BCUT2D eigenvalue weighted by atomic mass is 16.5.